The second-order valence-electron chi connectivity index (χ2n) is 4.10. The van der Waals surface area contributed by atoms with Gasteiger partial charge in [-0.3, -0.25) is 10.1 Å². The minimum absolute atomic E-state index is 0.0233. The Labute approximate surface area is 128 Å². The molecule has 0 aliphatic heterocycles. The molecule has 2 rings (SSSR count). The van der Waals surface area contributed by atoms with Gasteiger partial charge in [-0.25, -0.2) is 4.39 Å². The van der Waals surface area contributed by atoms with Gasteiger partial charge in [-0.1, -0.05) is 39.3 Å². The average molecular weight is 353 g/mol. The van der Waals surface area contributed by atoms with Gasteiger partial charge in [0.2, 0.25) is 0 Å². The lowest BCUT2D eigenvalue weighted by Gasteiger charge is -2.02. The number of nitro groups is 1. The first-order valence-corrected chi connectivity index (χ1v) is 6.69. The molecule has 0 fully saturated rings. The maximum Gasteiger partial charge on any atom is 0.270 e. The summed E-state index contributed by atoms with van der Waals surface area (Å²) in [5.41, 5.74) is 0.868. The molecule has 0 N–H and O–H groups in total. The molecule has 0 atom stereocenters. The van der Waals surface area contributed by atoms with Gasteiger partial charge in [0.05, 0.1) is 11.1 Å². The molecular formula is C14H10BrFN2O3. The number of halogens is 2. The standard InChI is InChI=1S/C14H10BrFN2O3/c15-12-5-4-11(14(16)7-12)9-21-17-8-10-2-1-3-13(6-10)18(19)20/h1-8H,9H2/b17-8-. The summed E-state index contributed by atoms with van der Waals surface area (Å²) in [5, 5.41) is 14.3. The Hall–Kier alpha value is -2.28. The predicted molar refractivity (Wildman–Crippen MR) is 79.6 cm³/mol. The number of non-ortho nitro benzene ring substituents is 1. The molecule has 0 radical (unpaired) electrons. The zero-order chi connectivity index (χ0) is 15.2. The fraction of sp³-hybridized carbons (Fsp3) is 0.0714. The van der Waals surface area contributed by atoms with Crippen molar-refractivity contribution in [2.45, 2.75) is 6.61 Å². The largest absolute Gasteiger partial charge is 0.391 e. The van der Waals surface area contributed by atoms with Crippen LogP contribution in [0.15, 0.2) is 52.1 Å². The zero-order valence-electron chi connectivity index (χ0n) is 10.7. The highest BCUT2D eigenvalue weighted by molar-refractivity contribution is 9.10. The molecule has 0 unspecified atom stereocenters. The topological polar surface area (TPSA) is 64.7 Å². The maximum absolute atomic E-state index is 13.5. The predicted octanol–water partition coefficient (Wildman–Crippen LogP) is 4.05. The Kier molecular flexibility index (Phi) is 4.99. The summed E-state index contributed by atoms with van der Waals surface area (Å²) >= 11 is 3.16. The van der Waals surface area contributed by atoms with Gasteiger partial charge in [0.15, 0.2) is 0 Å². The van der Waals surface area contributed by atoms with E-state index in [-0.39, 0.29) is 12.3 Å². The molecule has 0 amide bonds. The van der Waals surface area contributed by atoms with Crippen LogP contribution in [0.4, 0.5) is 10.1 Å². The Balaban J connectivity index is 1.96. The lowest BCUT2D eigenvalue weighted by atomic mass is 10.2. The number of hydrogen-bond donors (Lipinski definition) is 0. The summed E-state index contributed by atoms with van der Waals surface area (Å²) in [4.78, 5) is 15.1. The minimum atomic E-state index is -0.491. The quantitative estimate of drug-likeness (QED) is 0.463. The first-order chi connectivity index (χ1) is 10.1. The van der Waals surface area contributed by atoms with Crippen molar-refractivity contribution < 1.29 is 14.2 Å². The smallest absolute Gasteiger partial charge is 0.270 e. The second-order valence-corrected chi connectivity index (χ2v) is 5.01. The number of nitro benzene ring substituents is 1. The van der Waals surface area contributed by atoms with E-state index in [2.05, 4.69) is 21.1 Å². The molecule has 0 saturated heterocycles. The molecule has 0 heterocycles. The van der Waals surface area contributed by atoms with E-state index in [9.17, 15) is 14.5 Å². The summed E-state index contributed by atoms with van der Waals surface area (Å²) < 4.78 is 14.1. The van der Waals surface area contributed by atoms with Crippen molar-refractivity contribution in [3.63, 3.8) is 0 Å². The van der Waals surface area contributed by atoms with Gasteiger partial charge in [0, 0.05) is 27.7 Å². The first-order valence-electron chi connectivity index (χ1n) is 5.90. The molecule has 0 aliphatic rings. The van der Waals surface area contributed by atoms with Crippen molar-refractivity contribution in [1.82, 2.24) is 0 Å². The minimum Gasteiger partial charge on any atom is -0.391 e. The van der Waals surface area contributed by atoms with Crippen molar-refractivity contribution in [2.75, 3.05) is 0 Å². The van der Waals surface area contributed by atoms with Crippen LogP contribution in [0.2, 0.25) is 0 Å². The molecule has 2 aromatic carbocycles. The van der Waals surface area contributed by atoms with Crippen LogP contribution >= 0.6 is 15.9 Å². The van der Waals surface area contributed by atoms with Crippen molar-refractivity contribution in [1.29, 1.82) is 0 Å². The average Bonchev–Trinajstić information content (AvgIpc) is 2.45. The van der Waals surface area contributed by atoms with Gasteiger partial charge >= 0.3 is 0 Å². The molecule has 0 aliphatic carbocycles. The van der Waals surface area contributed by atoms with Crippen LogP contribution in [-0.2, 0) is 11.4 Å². The normalized spacial score (nSPS) is 10.8. The van der Waals surface area contributed by atoms with Crippen LogP contribution in [-0.4, -0.2) is 11.1 Å². The number of benzene rings is 2. The monoisotopic (exact) mass is 352 g/mol. The van der Waals surface area contributed by atoms with E-state index in [4.69, 9.17) is 4.84 Å². The van der Waals surface area contributed by atoms with Gasteiger partial charge in [0.1, 0.15) is 12.4 Å². The fourth-order valence-corrected chi connectivity index (χ4v) is 1.90. The second kappa shape index (κ2) is 6.94. The molecule has 0 bridgehead atoms. The summed E-state index contributed by atoms with van der Waals surface area (Å²) in [6.45, 7) is -0.0233. The maximum atomic E-state index is 13.5. The lowest BCUT2D eigenvalue weighted by Crippen LogP contribution is -1.93. The van der Waals surface area contributed by atoms with Crippen LogP contribution in [0.3, 0.4) is 0 Å². The molecule has 108 valence electrons. The van der Waals surface area contributed by atoms with Crippen molar-refractivity contribution in [3.8, 4) is 0 Å². The highest BCUT2D eigenvalue weighted by Gasteiger charge is 2.05. The van der Waals surface area contributed by atoms with Gasteiger partial charge in [0.25, 0.3) is 5.69 Å². The zero-order valence-corrected chi connectivity index (χ0v) is 12.3. The summed E-state index contributed by atoms with van der Waals surface area (Å²) in [6.07, 6.45) is 1.34. The van der Waals surface area contributed by atoms with Gasteiger partial charge in [-0.2, -0.15) is 0 Å². The number of nitrogens with zero attached hydrogens (tertiary/aromatic N) is 2. The molecule has 21 heavy (non-hydrogen) atoms. The van der Waals surface area contributed by atoms with E-state index in [0.717, 1.165) is 0 Å². The molecule has 0 aromatic heterocycles. The lowest BCUT2D eigenvalue weighted by molar-refractivity contribution is -0.384. The van der Waals surface area contributed by atoms with Crippen LogP contribution in [0.1, 0.15) is 11.1 Å². The Bertz CT molecular complexity index is 692. The third-order valence-electron chi connectivity index (χ3n) is 2.59. The Morgan fingerprint density at radius 2 is 2.14 bits per heavy atom. The van der Waals surface area contributed by atoms with Crippen LogP contribution < -0.4 is 0 Å². The molecule has 0 spiro atoms. The molecule has 5 nitrogen and oxygen atoms in total. The molecule has 2 aromatic rings. The Morgan fingerprint density at radius 3 is 2.86 bits per heavy atom. The summed E-state index contributed by atoms with van der Waals surface area (Å²) in [5.74, 6) is -0.394. The number of rotatable bonds is 5. The van der Waals surface area contributed by atoms with E-state index in [1.54, 1.807) is 24.3 Å². The Morgan fingerprint density at radius 1 is 1.33 bits per heavy atom. The van der Waals surface area contributed by atoms with E-state index >= 15 is 0 Å². The summed E-state index contributed by atoms with van der Waals surface area (Å²) in [6, 6.07) is 10.6. The van der Waals surface area contributed by atoms with Crippen LogP contribution in [0, 0.1) is 15.9 Å². The molecule has 0 saturated carbocycles. The van der Waals surface area contributed by atoms with Crippen molar-refractivity contribution in [2.24, 2.45) is 5.16 Å². The van der Waals surface area contributed by atoms with Gasteiger partial charge in [-0.05, 0) is 12.1 Å². The van der Waals surface area contributed by atoms with E-state index in [0.29, 0.717) is 15.6 Å². The van der Waals surface area contributed by atoms with Gasteiger partial charge in [-0.15, -0.1) is 0 Å². The fourth-order valence-electron chi connectivity index (χ4n) is 1.56. The van der Waals surface area contributed by atoms with Crippen LogP contribution in [0.5, 0.6) is 0 Å². The van der Waals surface area contributed by atoms with Gasteiger partial charge < -0.3 is 4.84 Å². The van der Waals surface area contributed by atoms with Crippen molar-refractivity contribution in [3.05, 3.63) is 74.0 Å². The number of oxime groups is 1. The molecular weight excluding hydrogens is 343 g/mol. The number of hydrogen-bond acceptors (Lipinski definition) is 4. The van der Waals surface area contributed by atoms with E-state index < -0.39 is 10.7 Å². The van der Waals surface area contributed by atoms with Crippen LogP contribution in [0.25, 0.3) is 0 Å². The summed E-state index contributed by atoms with van der Waals surface area (Å²) in [7, 11) is 0. The third kappa shape index (κ3) is 4.35. The van der Waals surface area contributed by atoms with Crippen molar-refractivity contribution >= 4 is 27.8 Å². The van der Waals surface area contributed by atoms with E-state index in [1.807, 2.05) is 0 Å². The van der Waals surface area contributed by atoms with E-state index in [1.165, 1.54) is 24.4 Å². The highest BCUT2D eigenvalue weighted by Crippen LogP contribution is 2.16. The third-order valence-corrected chi connectivity index (χ3v) is 3.09. The first kappa shape index (κ1) is 15.1. The molecule has 7 heteroatoms. The highest BCUT2D eigenvalue weighted by atomic mass is 79.9. The SMILES string of the molecule is O=[N+]([O-])c1cccc(/C=N\OCc2ccc(Br)cc2F)c1.